The second-order valence-electron chi connectivity index (χ2n) is 13.1. The third-order valence-corrected chi connectivity index (χ3v) is 8.14. The Balaban J connectivity index is 2.48. The van der Waals surface area contributed by atoms with Crippen LogP contribution in [0.5, 0.6) is 5.75 Å². The topological polar surface area (TPSA) is 27.7 Å². The first-order valence-electron chi connectivity index (χ1n) is 13.1. The molecule has 3 nitrogen and oxygen atoms in total. The van der Waals surface area contributed by atoms with Crippen LogP contribution in [0.15, 0.2) is 12.1 Å². The van der Waals surface area contributed by atoms with Crippen molar-refractivity contribution in [1.29, 1.82) is 0 Å². The molecule has 1 aromatic rings. The number of benzene rings is 1. The van der Waals surface area contributed by atoms with Gasteiger partial charge in [-0.2, -0.15) is 0 Å². The van der Waals surface area contributed by atoms with Crippen molar-refractivity contribution < 1.29 is 13.6 Å². The number of hydrogen-bond acceptors (Lipinski definition) is 3. The highest BCUT2D eigenvalue weighted by molar-refractivity contribution is 7.42. The molecular formula is C29H51O3P. The molecule has 1 aromatic carbocycles. The number of unbranched alkanes of at least 4 members (excludes halogenated alkanes) is 1. The second kappa shape index (κ2) is 11.0. The van der Waals surface area contributed by atoms with E-state index in [1.54, 1.807) is 0 Å². The van der Waals surface area contributed by atoms with Crippen LogP contribution in [0.4, 0.5) is 0 Å². The molecule has 190 valence electrons. The first-order valence-corrected chi connectivity index (χ1v) is 14.2. The summed E-state index contributed by atoms with van der Waals surface area (Å²) in [7, 11) is -1.44. The van der Waals surface area contributed by atoms with Crippen LogP contribution in [0.2, 0.25) is 0 Å². The maximum absolute atomic E-state index is 6.74. The van der Waals surface area contributed by atoms with Crippen molar-refractivity contribution in [2.75, 3.05) is 13.2 Å². The zero-order valence-electron chi connectivity index (χ0n) is 23.5. The van der Waals surface area contributed by atoms with Gasteiger partial charge in [0.1, 0.15) is 5.75 Å². The zero-order chi connectivity index (χ0) is 25.1. The normalized spacial score (nSPS) is 23.2. The lowest BCUT2D eigenvalue weighted by Gasteiger charge is -2.37. The van der Waals surface area contributed by atoms with Gasteiger partial charge in [0.15, 0.2) is 0 Å². The van der Waals surface area contributed by atoms with Crippen molar-refractivity contribution in [2.45, 2.75) is 131 Å². The largest absolute Gasteiger partial charge is 0.426 e. The van der Waals surface area contributed by atoms with Gasteiger partial charge in [-0.3, -0.25) is 0 Å². The van der Waals surface area contributed by atoms with E-state index in [1.165, 1.54) is 42.4 Å². The molecule has 0 saturated carbocycles. The minimum atomic E-state index is -1.44. The lowest BCUT2D eigenvalue weighted by atomic mass is 9.75. The Morgan fingerprint density at radius 3 is 1.91 bits per heavy atom. The van der Waals surface area contributed by atoms with Gasteiger partial charge in [-0.1, -0.05) is 101 Å². The summed E-state index contributed by atoms with van der Waals surface area (Å²) < 4.78 is 19.4. The van der Waals surface area contributed by atoms with E-state index in [0.717, 1.165) is 25.2 Å². The zero-order valence-corrected chi connectivity index (χ0v) is 24.4. The van der Waals surface area contributed by atoms with Crippen LogP contribution in [-0.4, -0.2) is 13.2 Å². The summed E-state index contributed by atoms with van der Waals surface area (Å²) in [5, 5.41) is 0. The van der Waals surface area contributed by atoms with Gasteiger partial charge in [0.2, 0.25) is 0 Å². The highest BCUT2D eigenvalue weighted by Gasteiger charge is 2.35. The molecule has 1 fully saturated rings. The molecule has 0 aromatic heterocycles. The molecule has 0 amide bonds. The van der Waals surface area contributed by atoms with Crippen molar-refractivity contribution >= 4 is 8.60 Å². The lowest BCUT2D eigenvalue weighted by molar-refractivity contribution is 0.0675. The molecule has 0 aliphatic carbocycles. The standard InChI is InChI=1S/C29H51O3P/c1-12-14-16-29(13-2)17-15-18-30-33(31-21-29)32-25-23(27(6,7)8)19-22(26(3,4)5)20-24(25)28(9,10)11/h19-20H,12-18,21H2,1-11H3. The van der Waals surface area contributed by atoms with E-state index in [1.807, 2.05) is 0 Å². The molecule has 2 rings (SSSR count). The third-order valence-electron chi connectivity index (χ3n) is 7.07. The maximum Gasteiger partial charge on any atom is 0.397 e. The highest BCUT2D eigenvalue weighted by atomic mass is 31.2. The number of rotatable bonds is 6. The van der Waals surface area contributed by atoms with Crippen molar-refractivity contribution in [3.05, 3.63) is 28.8 Å². The summed E-state index contributed by atoms with van der Waals surface area (Å²) in [5.41, 5.74) is 4.04. The van der Waals surface area contributed by atoms with Crippen LogP contribution in [0.3, 0.4) is 0 Å². The summed E-state index contributed by atoms with van der Waals surface area (Å²) in [5.74, 6) is 0.963. The fraction of sp³-hybridized carbons (Fsp3) is 0.793. The van der Waals surface area contributed by atoms with Crippen molar-refractivity contribution in [2.24, 2.45) is 5.41 Å². The van der Waals surface area contributed by atoms with E-state index in [9.17, 15) is 0 Å². The molecule has 2 unspecified atom stereocenters. The summed E-state index contributed by atoms with van der Waals surface area (Å²) >= 11 is 0. The molecule has 1 heterocycles. The average molecular weight is 479 g/mol. The predicted molar refractivity (Wildman–Crippen MR) is 143 cm³/mol. The van der Waals surface area contributed by atoms with Crippen LogP contribution in [0.25, 0.3) is 0 Å². The molecule has 1 aliphatic rings. The van der Waals surface area contributed by atoms with E-state index < -0.39 is 8.60 Å². The highest BCUT2D eigenvalue weighted by Crippen LogP contribution is 2.52. The quantitative estimate of drug-likeness (QED) is 0.381. The van der Waals surface area contributed by atoms with E-state index in [-0.39, 0.29) is 21.7 Å². The molecule has 0 radical (unpaired) electrons. The Hall–Kier alpha value is -0.630. The fourth-order valence-corrected chi connectivity index (χ4v) is 5.67. The van der Waals surface area contributed by atoms with E-state index in [4.69, 9.17) is 13.6 Å². The molecule has 1 aliphatic heterocycles. The summed E-state index contributed by atoms with van der Waals surface area (Å²) in [4.78, 5) is 0. The molecule has 0 bridgehead atoms. The molecular weight excluding hydrogens is 427 g/mol. The smallest absolute Gasteiger partial charge is 0.397 e. The first-order chi connectivity index (χ1) is 15.1. The van der Waals surface area contributed by atoms with Crippen molar-refractivity contribution in [3.8, 4) is 5.75 Å². The summed E-state index contributed by atoms with van der Waals surface area (Å²) in [6.45, 7) is 26.5. The van der Waals surface area contributed by atoms with Gasteiger partial charge < -0.3 is 13.6 Å². The van der Waals surface area contributed by atoms with Crippen molar-refractivity contribution in [1.82, 2.24) is 0 Å². The minimum Gasteiger partial charge on any atom is -0.426 e. The second-order valence-corrected chi connectivity index (χ2v) is 14.3. The third kappa shape index (κ3) is 7.68. The molecule has 2 atom stereocenters. The molecule has 0 spiro atoms. The van der Waals surface area contributed by atoms with Gasteiger partial charge >= 0.3 is 8.60 Å². The maximum atomic E-state index is 6.74. The van der Waals surface area contributed by atoms with Gasteiger partial charge in [0.25, 0.3) is 0 Å². The Labute approximate surface area is 206 Å². The Morgan fingerprint density at radius 1 is 0.879 bits per heavy atom. The SMILES string of the molecule is CCCCC1(CC)CCCOP(Oc2c(C(C)(C)C)cc(C(C)(C)C)cc2C(C)(C)C)OC1. The summed E-state index contributed by atoms with van der Waals surface area (Å²) in [6.07, 6.45) is 7.11. The van der Waals surface area contributed by atoms with Gasteiger partial charge in [-0.25, -0.2) is 0 Å². The monoisotopic (exact) mass is 478 g/mol. The first kappa shape index (κ1) is 28.6. The molecule has 0 N–H and O–H groups in total. The van der Waals surface area contributed by atoms with E-state index >= 15 is 0 Å². The van der Waals surface area contributed by atoms with Crippen LogP contribution in [0, 0.1) is 5.41 Å². The molecule has 1 saturated heterocycles. The fourth-order valence-electron chi connectivity index (χ4n) is 4.49. The van der Waals surface area contributed by atoms with Gasteiger partial charge in [0, 0.05) is 11.1 Å². The van der Waals surface area contributed by atoms with Crippen LogP contribution in [0.1, 0.15) is 131 Å². The van der Waals surface area contributed by atoms with Crippen LogP contribution < -0.4 is 4.52 Å². The Bertz CT molecular complexity index is 728. The van der Waals surface area contributed by atoms with Gasteiger partial charge in [-0.15, -0.1) is 0 Å². The van der Waals surface area contributed by atoms with E-state index in [0.29, 0.717) is 6.61 Å². The van der Waals surface area contributed by atoms with Crippen LogP contribution >= 0.6 is 8.60 Å². The molecule has 33 heavy (non-hydrogen) atoms. The van der Waals surface area contributed by atoms with Gasteiger partial charge in [0.05, 0.1) is 13.2 Å². The van der Waals surface area contributed by atoms with E-state index in [2.05, 4.69) is 88.3 Å². The Kier molecular flexibility index (Phi) is 9.50. The molecule has 4 heteroatoms. The van der Waals surface area contributed by atoms with Crippen LogP contribution in [-0.2, 0) is 25.3 Å². The van der Waals surface area contributed by atoms with Gasteiger partial charge in [-0.05, 0) is 52.9 Å². The number of hydrogen-bond donors (Lipinski definition) is 0. The summed E-state index contributed by atoms with van der Waals surface area (Å²) in [6, 6.07) is 4.70. The average Bonchev–Trinajstić information content (AvgIpc) is 2.67. The lowest BCUT2D eigenvalue weighted by Crippen LogP contribution is -2.28. The minimum absolute atomic E-state index is 0.0526. The Morgan fingerprint density at radius 2 is 1.45 bits per heavy atom. The van der Waals surface area contributed by atoms with Crippen molar-refractivity contribution in [3.63, 3.8) is 0 Å². The predicted octanol–water partition coefficient (Wildman–Crippen LogP) is 9.60.